The summed E-state index contributed by atoms with van der Waals surface area (Å²) in [6.07, 6.45) is 3.02. The molecule has 0 aliphatic carbocycles. The van der Waals surface area contributed by atoms with Gasteiger partial charge in [-0.25, -0.2) is 0 Å². The predicted octanol–water partition coefficient (Wildman–Crippen LogP) is 1.42. The second kappa shape index (κ2) is 7.15. The second-order valence-electron chi connectivity index (χ2n) is 6.33. The molecule has 0 spiro atoms. The van der Waals surface area contributed by atoms with Crippen LogP contribution in [-0.2, 0) is 23.0 Å². The number of ether oxygens (including phenoxy) is 1. The van der Waals surface area contributed by atoms with Crippen LogP contribution in [0.1, 0.15) is 5.56 Å². The second-order valence-corrected chi connectivity index (χ2v) is 6.33. The number of amides is 1. The van der Waals surface area contributed by atoms with Crippen molar-refractivity contribution < 1.29 is 9.53 Å². The van der Waals surface area contributed by atoms with E-state index in [4.69, 9.17) is 4.74 Å². The van der Waals surface area contributed by atoms with Crippen LogP contribution in [0.5, 0.6) is 0 Å². The molecule has 0 unspecified atom stereocenters. The maximum atomic E-state index is 12.1. The van der Waals surface area contributed by atoms with Gasteiger partial charge in [-0.2, -0.15) is 0 Å². The van der Waals surface area contributed by atoms with E-state index in [1.54, 1.807) is 7.05 Å². The van der Waals surface area contributed by atoms with Gasteiger partial charge in [-0.15, -0.1) is 0 Å². The molecule has 0 saturated carbocycles. The molecular formula is C18H25N3O2. The van der Waals surface area contributed by atoms with Crippen LogP contribution in [0.2, 0.25) is 0 Å². The number of aromatic nitrogens is 1. The summed E-state index contributed by atoms with van der Waals surface area (Å²) in [6, 6.07) is 8.75. The van der Waals surface area contributed by atoms with Crippen molar-refractivity contribution in [1.82, 2.24) is 14.8 Å². The Kier molecular flexibility index (Phi) is 4.98. The first kappa shape index (κ1) is 16.0. The highest BCUT2D eigenvalue weighted by atomic mass is 16.5. The lowest BCUT2D eigenvalue weighted by Gasteiger charge is -2.23. The first-order valence-electron chi connectivity index (χ1n) is 8.21. The number of hydrogen-bond acceptors (Lipinski definition) is 3. The minimum Gasteiger partial charge on any atom is -0.379 e. The van der Waals surface area contributed by atoms with Crippen molar-refractivity contribution in [1.29, 1.82) is 0 Å². The fraction of sp³-hybridized carbons (Fsp3) is 0.500. The Bertz CT molecular complexity index is 680. The van der Waals surface area contributed by atoms with E-state index in [1.165, 1.54) is 16.5 Å². The van der Waals surface area contributed by atoms with Crippen molar-refractivity contribution in [2.24, 2.45) is 13.0 Å². The van der Waals surface area contributed by atoms with Gasteiger partial charge in [-0.3, -0.25) is 4.79 Å². The van der Waals surface area contributed by atoms with Gasteiger partial charge >= 0.3 is 0 Å². The average molecular weight is 315 g/mol. The van der Waals surface area contributed by atoms with Gasteiger partial charge in [0.25, 0.3) is 0 Å². The number of carbonyl (C=O) groups excluding carboxylic acids is 1. The van der Waals surface area contributed by atoms with E-state index in [1.807, 2.05) is 4.90 Å². The van der Waals surface area contributed by atoms with Crippen molar-refractivity contribution >= 4 is 16.8 Å². The molecule has 1 aliphatic rings. The number of benzene rings is 1. The normalized spacial score (nSPS) is 19.0. The van der Waals surface area contributed by atoms with Crippen LogP contribution >= 0.6 is 0 Å². The highest BCUT2D eigenvalue weighted by Crippen LogP contribution is 2.20. The van der Waals surface area contributed by atoms with Gasteiger partial charge in [-0.1, -0.05) is 6.07 Å². The summed E-state index contributed by atoms with van der Waals surface area (Å²) in [4.78, 5) is 14.1. The molecule has 124 valence electrons. The van der Waals surface area contributed by atoms with Crippen molar-refractivity contribution in [2.45, 2.75) is 6.42 Å². The molecule has 5 nitrogen and oxygen atoms in total. The van der Waals surface area contributed by atoms with Crippen LogP contribution in [0.25, 0.3) is 10.9 Å². The van der Waals surface area contributed by atoms with E-state index in [9.17, 15) is 4.79 Å². The first-order chi connectivity index (χ1) is 11.2. The molecule has 2 aromatic rings. The third-order valence-corrected chi connectivity index (χ3v) is 4.49. The molecule has 1 amide bonds. The third-order valence-electron chi connectivity index (χ3n) is 4.49. The largest absolute Gasteiger partial charge is 0.379 e. The minimum atomic E-state index is 0.154. The fourth-order valence-corrected chi connectivity index (χ4v) is 3.28. The Labute approximate surface area is 137 Å². The third kappa shape index (κ3) is 3.74. The number of nitrogens with zero attached hydrogens (tertiary/aromatic N) is 2. The van der Waals surface area contributed by atoms with Crippen molar-refractivity contribution in [3.63, 3.8) is 0 Å². The monoisotopic (exact) mass is 315 g/mol. The van der Waals surface area contributed by atoms with Gasteiger partial charge in [0.15, 0.2) is 0 Å². The van der Waals surface area contributed by atoms with Crippen LogP contribution in [0, 0.1) is 5.92 Å². The SMILES string of the molecule is CNCC(=O)N1CCOC[C@H](Cc2ccc3c(ccn3C)c2)C1. The lowest BCUT2D eigenvalue weighted by atomic mass is 9.98. The molecular weight excluding hydrogens is 290 g/mol. The topological polar surface area (TPSA) is 46.5 Å². The summed E-state index contributed by atoms with van der Waals surface area (Å²) in [5.41, 5.74) is 2.55. The number of nitrogens with one attached hydrogen (secondary N) is 1. The lowest BCUT2D eigenvalue weighted by Crippen LogP contribution is -2.40. The quantitative estimate of drug-likeness (QED) is 0.928. The van der Waals surface area contributed by atoms with Crippen LogP contribution in [0.3, 0.4) is 0 Å². The van der Waals surface area contributed by atoms with E-state index in [-0.39, 0.29) is 5.91 Å². The molecule has 1 saturated heterocycles. The molecule has 23 heavy (non-hydrogen) atoms. The Morgan fingerprint density at radius 1 is 1.39 bits per heavy atom. The predicted molar refractivity (Wildman–Crippen MR) is 91.4 cm³/mol. The molecule has 0 radical (unpaired) electrons. The summed E-state index contributed by atoms with van der Waals surface area (Å²) in [6.45, 7) is 3.20. The van der Waals surface area contributed by atoms with Crippen LogP contribution < -0.4 is 5.32 Å². The van der Waals surface area contributed by atoms with Gasteiger partial charge < -0.3 is 19.5 Å². The number of carbonyl (C=O) groups is 1. The van der Waals surface area contributed by atoms with E-state index in [0.29, 0.717) is 25.6 Å². The fourth-order valence-electron chi connectivity index (χ4n) is 3.28. The molecule has 1 aliphatic heterocycles. The van der Waals surface area contributed by atoms with Crippen molar-refractivity contribution in [3.05, 3.63) is 36.0 Å². The smallest absolute Gasteiger partial charge is 0.236 e. The summed E-state index contributed by atoms with van der Waals surface area (Å²) in [5.74, 6) is 0.501. The Balaban J connectivity index is 1.70. The van der Waals surface area contributed by atoms with Crippen molar-refractivity contribution in [3.8, 4) is 0 Å². The number of rotatable bonds is 4. The van der Waals surface area contributed by atoms with Crippen LogP contribution in [0.15, 0.2) is 30.5 Å². The highest BCUT2D eigenvalue weighted by molar-refractivity contribution is 5.80. The molecule has 1 aromatic heterocycles. The minimum absolute atomic E-state index is 0.154. The van der Waals surface area contributed by atoms with Crippen LogP contribution in [0.4, 0.5) is 0 Å². The summed E-state index contributed by atoms with van der Waals surface area (Å²) >= 11 is 0. The Morgan fingerprint density at radius 3 is 3.09 bits per heavy atom. The first-order valence-corrected chi connectivity index (χ1v) is 8.21. The van der Waals surface area contributed by atoms with Crippen LogP contribution in [-0.4, -0.2) is 55.3 Å². The molecule has 0 bridgehead atoms. The molecule has 1 aromatic carbocycles. The summed E-state index contributed by atoms with van der Waals surface area (Å²) in [5, 5.41) is 4.20. The average Bonchev–Trinajstić information content (AvgIpc) is 2.76. The molecule has 2 heterocycles. The summed E-state index contributed by atoms with van der Waals surface area (Å²) < 4.78 is 7.84. The van der Waals surface area contributed by atoms with E-state index in [2.05, 4.69) is 47.4 Å². The summed E-state index contributed by atoms with van der Waals surface area (Å²) in [7, 11) is 3.87. The van der Waals surface area contributed by atoms with Gasteiger partial charge in [0.2, 0.25) is 5.91 Å². The van der Waals surface area contributed by atoms with E-state index >= 15 is 0 Å². The van der Waals surface area contributed by atoms with Crippen molar-refractivity contribution in [2.75, 3.05) is 39.9 Å². The zero-order valence-electron chi connectivity index (χ0n) is 13.9. The van der Waals surface area contributed by atoms with E-state index < -0.39 is 0 Å². The van der Waals surface area contributed by atoms with E-state index in [0.717, 1.165) is 19.6 Å². The Hall–Kier alpha value is -1.85. The molecule has 1 atom stereocenters. The molecule has 3 rings (SSSR count). The van der Waals surface area contributed by atoms with Gasteiger partial charge in [0.05, 0.1) is 19.8 Å². The Morgan fingerprint density at radius 2 is 2.26 bits per heavy atom. The molecule has 5 heteroatoms. The van der Waals surface area contributed by atoms with Gasteiger partial charge in [0, 0.05) is 37.8 Å². The lowest BCUT2D eigenvalue weighted by molar-refractivity contribution is -0.130. The van der Waals surface area contributed by atoms with Gasteiger partial charge in [-0.05, 0) is 42.6 Å². The number of hydrogen-bond donors (Lipinski definition) is 1. The maximum absolute atomic E-state index is 12.1. The zero-order valence-corrected chi connectivity index (χ0v) is 13.9. The maximum Gasteiger partial charge on any atom is 0.236 e. The zero-order chi connectivity index (χ0) is 16.2. The van der Waals surface area contributed by atoms with Gasteiger partial charge in [0.1, 0.15) is 0 Å². The number of fused-ring (bicyclic) bond motifs is 1. The number of likely N-dealkylation sites (N-methyl/N-ethyl adjacent to an activating group) is 1. The highest BCUT2D eigenvalue weighted by Gasteiger charge is 2.22. The number of aryl methyl sites for hydroxylation is 1. The molecule has 1 fully saturated rings. The molecule has 1 N–H and O–H groups in total. The standard InChI is InChI=1S/C18H25N3O2/c1-19-11-18(22)21-7-8-23-13-15(12-21)9-14-3-4-17-16(10-14)5-6-20(17)2/h3-6,10,15,19H,7-9,11-13H2,1-2H3/t15-/m1/s1.